The lowest BCUT2D eigenvalue weighted by Crippen LogP contribution is -2.18. The number of thiazole rings is 1. The Labute approximate surface area is 233 Å². The van der Waals surface area contributed by atoms with Crippen LogP contribution in [0.15, 0.2) is 54.6 Å². The Morgan fingerprint density at radius 1 is 0.944 bits per heavy atom. The molecule has 2 N–H and O–H groups in total. The molecule has 1 aromatic heterocycles. The van der Waals surface area contributed by atoms with E-state index in [-0.39, 0.29) is 15.7 Å². The highest BCUT2D eigenvalue weighted by atomic mass is 35.5. The Hall–Kier alpha value is -2.13. The molecule has 2 atom stereocenters. The fourth-order valence-electron chi connectivity index (χ4n) is 3.94. The van der Waals surface area contributed by atoms with Crippen LogP contribution in [0.3, 0.4) is 0 Å². The second kappa shape index (κ2) is 9.63. The SMILES string of the molecule is O=C(Nc1nc2ccc(F)cc2s1)c1cc(NC(=O)C2C(c3cc(Cl)cc(Cl)c3)C2(Cl)Cl)ccc1Cl. The van der Waals surface area contributed by atoms with Gasteiger partial charge in [0.2, 0.25) is 5.91 Å². The molecule has 0 spiro atoms. The predicted octanol–water partition coefficient (Wildman–Crippen LogP) is 8.17. The molecule has 184 valence electrons. The van der Waals surface area contributed by atoms with Crippen molar-refractivity contribution in [2.75, 3.05) is 10.6 Å². The van der Waals surface area contributed by atoms with Crippen molar-refractivity contribution in [3.8, 4) is 0 Å². The lowest BCUT2D eigenvalue weighted by atomic mass is 10.1. The molecule has 36 heavy (non-hydrogen) atoms. The summed E-state index contributed by atoms with van der Waals surface area (Å²) in [6.07, 6.45) is 0. The first kappa shape index (κ1) is 25.5. The summed E-state index contributed by atoms with van der Waals surface area (Å²) >= 11 is 32.4. The number of amides is 2. The van der Waals surface area contributed by atoms with Gasteiger partial charge in [-0.1, -0.05) is 46.1 Å². The van der Waals surface area contributed by atoms with E-state index in [0.29, 0.717) is 31.5 Å². The second-order valence-corrected chi connectivity index (χ2v) is 11.9. The van der Waals surface area contributed by atoms with E-state index in [4.69, 9.17) is 58.0 Å². The summed E-state index contributed by atoms with van der Waals surface area (Å²) in [4.78, 5) is 30.2. The topological polar surface area (TPSA) is 71.1 Å². The number of hydrogen-bond donors (Lipinski definition) is 2. The van der Waals surface area contributed by atoms with Gasteiger partial charge in [-0.05, 0) is 60.2 Å². The fraction of sp³-hybridized carbons (Fsp3) is 0.125. The van der Waals surface area contributed by atoms with Gasteiger partial charge in [-0.15, -0.1) is 23.2 Å². The van der Waals surface area contributed by atoms with E-state index in [1.165, 1.54) is 30.3 Å². The van der Waals surface area contributed by atoms with Crippen molar-refractivity contribution in [3.63, 3.8) is 0 Å². The van der Waals surface area contributed by atoms with Crippen LogP contribution in [-0.2, 0) is 4.79 Å². The molecular formula is C24H13Cl5FN3O2S. The van der Waals surface area contributed by atoms with Crippen molar-refractivity contribution < 1.29 is 14.0 Å². The van der Waals surface area contributed by atoms with E-state index in [1.54, 1.807) is 24.3 Å². The molecule has 0 aliphatic heterocycles. The monoisotopic (exact) mass is 601 g/mol. The molecule has 1 fully saturated rings. The van der Waals surface area contributed by atoms with Gasteiger partial charge < -0.3 is 5.32 Å². The predicted molar refractivity (Wildman–Crippen MR) is 145 cm³/mol. The van der Waals surface area contributed by atoms with Crippen molar-refractivity contribution in [1.29, 1.82) is 0 Å². The first-order valence-corrected chi connectivity index (χ1v) is 13.1. The minimum atomic E-state index is -1.35. The normalized spacial score (nSPS) is 18.2. The van der Waals surface area contributed by atoms with Gasteiger partial charge in [0.25, 0.3) is 5.91 Å². The second-order valence-electron chi connectivity index (χ2n) is 8.10. The summed E-state index contributed by atoms with van der Waals surface area (Å²) in [7, 11) is 0. The number of halogens is 6. The lowest BCUT2D eigenvalue weighted by Gasteiger charge is -2.09. The van der Waals surface area contributed by atoms with Gasteiger partial charge >= 0.3 is 0 Å². The van der Waals surface area contributed by atoms with Gasteiger partial charge in [0.1, 0.15) is 10.2 Å². The van der Waals surface area contributed by atoms with Gasteiger partial charge in [0, 0.05) is 21.7 Å². The molecule has 1 aliphatic rings. The van der Waals surface area contributed by atoms with Crippen LogP contribution < -0.4 is 10.6 Å². The largest absolute Gasteiger partial charge is 0.326 e. The van der Waals surface area contributed by atoms with Gasteiger partial charge in [-0.25, -0.2) is 9.37 Å². The molecule has 12 heteroatoms. The molecule has 2 amide bonds. The standard InChI is InChI=1S/C24H13Cl5FN3O2S/c25-11-5-10(6-12(26)7-11)19-20(24(19,28)29)22(35)31-14-2-3-16(27)15(9-14)21(34)33-23-32-17-4-1-13(30)8-18(17)36-23/h1-9,19-20H,(H,31,35)(H,32,33,34). The number of fused-ring (bicyclic) bond motifs is 1. The first-order chi connectivity index (χ1) is 17.0. The van der Waals surface area contributed by atoms with E-state index < -0.39 is 33.8 Å². The van der Waals surface area contributed by atoms with Crippen molar-refractivity contribution in [2.24, 2.45) is 5.92 Å². The summed E-state index contributed by atoms with van der Waals surface area (Å²) in [5.41, 5.74) is 1.62. The number of alkyl halides is 2. The molecule has 0 bridgehead atoms. The molecule has 5 nitrogen and oxygen atoms in total. The molecule has 0 saturated heterocycles. The Kier molecular flexibility index (Phi) is 6.83. The zero-order valence-electron chi connectivity index (χ0n) is 17.8. The third kappa shape index (κ3) is 5.01. The molecule has 4 aromatic rings. The van der Waals surface area contributed by atoms with Crippen LogP contribution in [0.25, 0.3) is 10.2 Å². The van der Waals surface area contributed by atoms with Gasteiger partial charge in [-0.3, -0.25) is 14.9 Å². The number of nitrogens with zero attached hydrogens (tertiary/aromatic N) is 1. The van der Waals surface area contributed by atoms with Crippen LogP contribution in [0.2, 0.25) is 15.1 Å². The summed E-state index contributed by atoms with van der Waals surface area (Å²) in [6.45, 7) is 0. The van der Waals surface area contributed by atoms with Crippen LogP contribution in [-0.4, -0.2) is 21.1 Å². The number of rotatable bonds is 5. The van der Waals surface area contributed by atoms with Crippen LogP contribution in [0.4, 0.5) is 15.2 Å². The van der Waals surface area contributed by atoms with E-state index in [2.05, 4.69) is 15.6 Å². The minimum Gasteiger partial charge on any atom is -0.326 e. The minimum absolute atomic E-state index is 0.108. The molecular weight excluding hydrogens is 591 g/mol. The quantitative estimate of drug-likeness (QED) is 0.226. The molecule has 2 unspecified atom stereocenters. The lowest BCUT2D eigenvalue weighted by molar-refractivity contribution is -0.117. The Bertz CT molecular complexity index is 1520. The smallest absolute Gasteiger partial charge is 0.259 e. The molecule has 5 rings (SSSR count). The highest BCUT2D eigenvalue weighted by Crippen LogP contribution is 2.65. The van der Waals surface area contributed by atoms with E-state index in [9.17, 15) is 14.0 Å². The zero-order chi connectivity index (χ0) is 25.8. The highest BCUT2D eigenvalue weighted by Gasteiger charge is 2.67. The van der Waals surface area contributed by atoms with Crippen LogP contribution in [0.1, 0.15) is 21.8 Å². The number of hydrogen-bond acceptors (Lipinski definition) is 4. The zero-order valence-corrected chi connectivity index (χ0v) is 22.4. The van der Waals surface area contributed by atoms with E-state index in [0.717, 1.165) is 11.3 Å². The number of aromatic nitrogens is 1. The Morgan fingerprint density at radius 3 is 2.39 bits per heavy atom. The number of anilines is 2. The third-order valence-corrected chi connectivity index (χ3v) is 8.27. The Morgan fingerprint density at radius 2 is 1.67 bits per heavy atom. The highest BCUT2D eigenvalue weighted by molar-refractivity contribution is 7.22. The molecule has 1 aliphatic carbocycles. The maximum absolute atomic E-state index is 13.5. The first-order valence-electron chi connectivity index (χ1n) is 10.3. The van der Waals surface area contributed by atoms with Gasteiger partial charge in [0.05, 0.1) is 26.7 Å². The summed E-state index contributed by atoms with van der Waals surface area (Å²) in [6, 6.07) is 13.5. The molecule has 1 heterocycles. The van der Waals surface area contributed by atoms with Crippen LogP contribution in [0, 0.1) is 11.7 Å². The maximum atomic E-state index is 13.5. The molecule has 1 saturated carbocycles. The van der Waals surface area contributed by atoms with Gasteiger partial charge in [0.15, 0.2) is 5.13 Å². The summed E-state index contributed by atoms with van der Waals surface area (Å²) in [5, 5.41) is 6.64. The third-order valence-electron chi connectivity index (χ3n) is 5.63. The summed E-state index contributed by atoms with van der Waals surface area (Å²) < 4.78 is 12.7. The average Bonchev–Trinajstić information content (AvgIpc) is 3.16. The van der Waals surface area contributed by atoms with Crippen LogP contribution >= 0.6 is 69.3 Å². The van der Waals surface area contributed by atoms with Crippen molar-refractivity contribution in [1.82, 2.24) is 4.98 Å². The van der Waals surface area contributed by atoms with Gasteiger partial charge in [-0.2, -0.15) is 0 Å². The number of carbonyl (C=O) groups is 2. The van der Waals surface area contributed by atoms with Crippen molar-refractivity contribution in [2.45, 2.75) is 10.3 Å². The number of benzene rings is 3. The molecule has 3 aromatic carbocycles. The number of carbonyl (C=O) groups excluding carboxylic acids is 2. The van der Waals surface area contributed by atoms with Crippen molar-refractivity contribution >= 4 is 102 Å². The van der Waals surface area contributed by atoms with E-state index in [1.807, 2.05) is 0 Å². The Balaban J connectivity index is 1.33. The molecule has 0 radical (unpaired) electrons. The summed E-state index contributed by atoms with van der Waals surface area (Å²) in [5.74, 6) is -2.67. The number of nitrogens with one attached hydrogen (secondary N) is 2. The average molecular weight is 604 g/mol. The van der Waals surface area contributed by atoms with E-state index >= 15 is 0 Å². The fourth-order valence-corrected chi connectivity index (χ4v) is 6.40. The van der Waals surface area contributed by atoms with Crippen LogP contribution in [0.5, 0.6) is 0 Å². The maximum Gasteiger partial charge on any atom is 0.259 e. The van der Waals surface area contributed by atoms with Crippen molar-refractivity contribution in [3.05, 3.63) is 86.6 Å².